The summed E-state index contributed by atoms with van der Waals surface area (Å²) in [6.07, 6.45) is 5.58. The zero-order valence-corrected chi connectivity index (χ0v) is 12.3. The molecule has 108 valence electrons. The van der Waals surface area contributed by atoms with Crippen LogP contribution in [0, 0.1) is 5.41 Å². The Balaban J connectivity index is 1.95. The van der Waals surface area contributed by atoms with E-state index in [1.165, 1.54) is 12.7 Å². The monoisotopic (exact) mass is 293 g/mol. The molecule has 6 heteroatoms. The summed E-state index contributed by atoms with van der Waals surface area (Å²) in [6, 6.07) is 5.00. The van der Waals surface area contributed by atoms with Gasteiger partial charge >= 0.3 is 0 Å². The van der Waals surface area contributed by atoms with E-state index in [1.54, 1.807) is 18.2 Å². The lowest BCUT2D eigenvalue weighted by Crippen LogP contribution is -2.39. The van der Waals surface area contributed by atoms with Gasteiger partial charge in [-0.2, -0.15) is 0 Å². The predicted octanol–water partition coefficient (Wildman–Crippen LogP) is 1.64. The third-order valence-corrected chi connectivity index (χ3v) is 5.43. The van der Waals surface area contributed by atoms with Gasteiger partial charge in [0.1, 0.15) is 5.82 Å². The number of benzene rings is 1. The van der Waals surface area contributed by atoms with Crippen LogP contribution in [0.4, 0.5) is 0 Å². The minimum absolute atomic E-state index is 0.188. The fraction of sp³-hybridized carbons (Fsp3) is 0.500. The van der Waals surface area contributed by atoms with E-state index in [2.05, 4.69) is 9.97 Å². The highest BCUT2D eigenvalue weighted by atomic mass is 32.2. The molecule has 0 radical (unpaired) electrons. The van der Waals surface area contributed by atoms with Crippen LogP contribution in [-0.4, -0.2) is 31.2 Å². The van der Waals surface area contributed by atoms with Crippen molar-refractivity contribution in [1.29, 1.82) is 0 Å². The second-order valence-electron chi connectivity index (χ2n) is 5.87. The quantitative estimate of drug-likeness (QED) is 0.897. The Morgan fingerprint density at radius 1 is 1.40 bits per heavy atom. The molecule has 0 aliphatic heterocycles. The zero-order chi connectivity index (χ0) is 14.4. The molecule has 1 heterocycles. The number of sulfone groups is 1. The number of imidazole rings is 1. The van der Waals surface area contributed by atoms with Crippen molar-refractivity contribution in [2.45, 2.75) is 30.6 Å². The number of hydrogen-bond acceptors (Lipinski definition) is 4. The van der Waals surface area contributed by atoms with Gasteiger partial charge < -0.3 is 10.7 Å². The van der Waals surface area contributed by atoms with E-state index in [9.17, 15) is 8.42 Å². The van der Waals surface area contributed by atoms with Gasteiger partial charge in [-0.05, 0) is 43.0 Å². The van der Waals surface area contributed by atoms with Crippen molar-refractivity contribution >= 4 is 20.9 Å². The molecule has 3 rings (SSSR count). The lowest BCUT2D eigenvalue weighted by molar-refractivity contribution is 0.142. The van der Waals surface area contributed by atoms with Gasteiger partial charge in [-0.25, -0.2) is 13.4 Å². The minimum Gasteiger partial charge on any atom is -0.342 e. The van der Waals surface area contributed by atoms with E-state index in [0.717, 1.165) is 36.1 Å². The molecule has 0 unspecified atom stereocenters. The molecule has 1 aromatic heterocycles. The summed E-state index contributed by atoms with van der Waals surface area (Å²) < 4.78 is 23.1. The van der Waals surface area contributed by atoms with E-state index in [4.69, 9.17) is 5.73 Å². The van der Waals surface area contributed by atoms with Crippen molar-refractivity contribution < 1.29 is 8.42 Å². The lowest BCUT2D eigenvalue weighted by atomic mass is 9.66. The summed E-state index contributed by atoms with van der Waals surface area (Å²) in [7, 11) is -3.19. The van der Waals surface area contributed by atoms with Crippen molar-refractivity contribution in [2.24, 2.45) is 11.1 Å². The third-order valence-electron chi connectivity index (χ3n) is 4.32. The number of aromatic amines is 1. The fourth-order valence-corrected chi connectivity index (χ4v) is 3.49. The number of aromatic nitrogens is 2. The van der Waals surface area contributed by atoms with Crippen LogP contribution >= 0.6 is 0 Å². The van der Waals surface area contributed by atoms with E-state index in [-0.39, 0.29) is 5.41 Å². The van der Waals surface area contributed by atoms with Gasteiger partial charge in [0.05, 0.1) is 15.9 Å². The summed E-state index contributed by atoms with van der Waals surface area (Å²) >= 11 is 0. The number of fused-ring (bicyclic) bond motifs is 1. The van der Waals surface area contributed by atoms with Crippen molar-refractivity contribution in [2.75, 3.05) is 12.8 Å². The smallest absolute Gasteiger partial charge is 0.175 e. The summed E-state index contributed by atoms with van der Waals surface area (Å²) in [6.45, 7) is 0.679. The standard InChI is InChI=1S/C14H19N3O2S/c1-20(18,19)10-3-4-11-12(7-10)17-13(16-11)8-14(9-15)5-2-6-14/h3-4,7H,2,5-6,8-9,15H2,1H3,(H,16,17). The Morgan fingerprint density at radius 3 is 2.70 bits per heavy atom. The van der Waals surface area contributed by atoms with Gasteiger partial charge in [-0.3, -0.25) is 0 Å². The van der Waals surface area contributed by atoms with Gasteiger partial charge in [0.2, 0.25) is 0 Å². The maximum Gasteiger partial charge on any atom is 0.175 e. The van der Waals surface area contributed by atoms with Gasteiger partial charge in [-0.15, -0.1) is 0 Å². The number of nitrogens with one attached hydrogen (secondary N) is 1. The predicted molar refractivity (Wildman–Crippen MR) is 78.2 cm³/mol. The first-order valence-corrected chi connectivity index (χ1v) is 8.70. The second-order valence-corrected chi connectivity index (χ2v) is 7.88. The Morgan fingerprint density at radius 2 is 2.15 bits per heavy atom. The van der Waals surface area contributed by atoms with Crippen LogP contribution in [0.25, 0.3) is 11.0 Å². The normalized spacial score (nSPS) is 18.1. The van der Waals surface area contributed by atoms with Crippen molar-refractivity contribution in [3.63, 3.8) is 0 Å². The largest absolute Gasteiger partial charge is 0.342 e. The van der Waals surface area contributed by atoms with Crippen molar-refractivity contribution in [3.05, 3.63) is 24.0 Å². The highest BCUT2D eigenvalue weighted by Crippen LogP contribution is 2.42. The molecule has 0 bridgehead atoms. The SMILES string of the molecule is CS(=O)(=O)c1ccc2nc(CC3(CN)CCC3)[nH]c2c1. The van der Waals surface area contributed by atoms with E-state index in [0.29, 0.717) is 11.4 Å². The molecule has 0 saturated heterocycles. The first-order chi connectivity index (χ1) is 9.42. The molecule has 5 nitrogen and oxygen atoms in total. The Bertz CT molecular complexity index is 739. The van der Waals surface area contributed by atoms with Gasteiger partial charge in [0.15, 0.2) is 9.84 Å². The van der Waals surface area contributed by atoms with Crippen LogP contribution in [0.5, 0.6) is 0 Å². The number of nitrogens with zero attached hydrogens (tertiary/aromatic N) is 1. The molecular weight excluding hydrogens is 274 g/mol. The molecule has 1 fully saturated rings. The van der Waals surface area contributed by atoms with Crippen LogP contribution in [0.15, 0.2) is 23.1 Å². The molecule has 1 saturated carbocycles. The number of nitrogens with two attached hydrogens (primary N) is 1. The van der Waals surface area contributed by atoms with E-state index < -0.39 is 9.84 Å². The molecule has 0 atom stereocenters. The van der Waals surface area contributed by atoms with E-state index in [1.807, 2.05) is 0 Å². The molecule has 2 aromatic rings. The van der Waals surface area contributed by atoms with Gasteiger partial charge in [0, 0.05) is 12.7 Å². The topological polar surface area (TPSA) is 88.8 Å². The molecule has 0 spiro atoms. The first kappa shape index (κ1) is 13.6. The summed E-state index contributed by atoms with van der Waals surface area (Å²) in [4.78, 5) is 8.10. The molecular formula is C14H19N3O2S. The van der Waals surface area contributed by atoms with E-state index >= 15 is 0 Å². The molecule has 1 aromatic carbocycles. The van der Waals surface area contributed by atoms with Crippen LogP contribution in [0.3, 0.4) is 0 Å². The van der Waals surface area contributed by atoms with Crippen molar-refractivity contribution in [1.82, 2.24) is 9.97 Å². The first-order valence-electron chi connectivity index (χ1n) is 6.81. The van der Waals surface area contributed by atoms with Gasteiger partial charge in [0.25, 0.3) is 0 Å². The highest BCUT2D eigenvalue weighted by Gasteiger charge is 2.36. The molecule has 1 aliphatic carbocycles. The summed E-state index contributed by atoms with van der Waals surface area (Å²) in [5, 5.41) is 0. The maximum atomic E-state index is 11.6. The minimum atomic E-state index is -3.19. The average Bonchev–Trinajstić information content (AvgIpc) is 2.73. The zero-order valence-electron chi connectivity index (χ0n) is 11.5. The Labute approximate surface area is 118 Å². The Kier molecular flexibility index (Phi) is 3.10. The lowest BCUT2D eigenvalue weighted by Gasteiger charge is -2.40. The molecule has 0 amide bonds. The summed E-state index contributed by atoms with van der Waals surface area (Å²) in [5.41, 5.74) is 7.64. The Hall–Kier alpha value is -1.40. The second kappa shape index (κ2) is 4.56. The molecule has 1 aliphatic rings. The average molecular weight is 293 g/mol. The summed E-state index contributed by atoms with van der Waals surface area (Å²) in [5.74, 6) is 0.899. The third kappa shape index (κ3) is 2.33. The number of H-pyrrole nitrogens is 1. The van der Waals surface area contributed by atoms with Crippen LogP contribution in [0.1, 0.15) is 25.1 Å². The number of hydrogen-bond donors (Lipinski definition) is 2. The van der Waals surface area contributed by atoms with Crippen LogP contribution in [0.2, 0.25) is 0 Å². The van der Waals surface area contributed by atoms with Crippen molar-refractivity contribution in [3.8, 4) is 0 Å². The highest BCUT2D eigenvalue weighted by molar-refractivity contribution is 7.90. The van der Waals surface area contributed by atoms with Crippen LogP contribution in [-0.2, 0) is 16.3 Å². The fourth-order valence-electron chi connectivity index (χ4n) is 2.84. The van der Waals surface area contributed by atoms with Crippen LogP contribution < -0.4 is 5.73 Å². The number of rotatable bonds is 4. The van der Waals surface area contributed by atoms with Gasteiger partial charge in [-0.1, -0.05) is 6.42 Å². The molecule has 20 heavy (non-hydrogen) atoms. The molecule has 3 N–H and O–H groups in total. The maximum absolute atomic E-state index is 11.6.